The van der Waals surface area contributed by atoms with Gasteiger partial charge in [-0.1, -0.05) is 26.1 Å². The summed E-state index contributed by atoms with van der Waals surface area (Å²) in [6, 6.07) is 5.77. The zero-order valence-electron chi connectivity index (χ0n) is 12.7. The monoisotopic (exact) mass is 296 g/mol. The largest absolute Gasteiger partial charge is 0.497 e. The van der Waals surface area contributed by atoms with E-state index in [-0.39, 0.29) is 0 Å². The van der Waals surface area contributed by atoms with Crippen molar-refractivity contribution in [3.8, 4) is 5.75 Å². The molecule has 0 amide bonds. The van der Waals surface area contributed by atoms with Crippen molar-refractivity contribution in [1.82, 2.24) is 0 Å². The Morgan fingerprint density at radius 2 is 2.05 bits per heavy atom. The molecule has 0 bridgehead atoms. The molecule has 5 heteroatoms. The van der Waals surface area contributed by atoms with Crippen molar-refractivity contribution in [1.29, 1.82) is 0 Å². The van der Waals surface area contributed by atoms with Crippen LogP contribution in [0.4, 0.5) is 5.69 Å². The molecule has 0 radical (unpaired) electrons. The molecule has 0 fully saturated rings. The highest BCUT2D eigenvalue weighted by Crippen LogP contribution is 2.27. The molecule has 2 N–H and O–H groups in total. The van der Waals surface area contributed by atoms with Gasteiger partial charge >= 0.3 is 0 Å². The van der Waals surface area contributed by atoms with E-state index in [1.807, 2.05) is 18.2 Å². The van der Waals surface area contributed by atoms with Crippen molar-refractivity contribution in [2.24, 2.45) is 11.7 Å². The van der Waals surface area contributed by atoms with Crippen LogP contribution in [-0.4, -0.2) is 38.9 Å². The van der Waals surface area contributed by atoms with Crippen molar-refractivity contribution in [2.45, 2.75) is 13.8 Å². The molecular formula is C15H24N2O2S. The molecule has 0 atom stereocenters. The molecule has 1 aromatic carbocycles. The Morgan fingerprint density at radius 1 is 1.35 bits per heavy atom. The predicted molar refractivity (Wildman–Crippen MR) is 87.8 cm³/mol. The van der Waals surface area contributed by atoms with Crippen LogP contribution >= 0.6 is 12.2 Å². The quantitative estimate of drug-likeness (QED) is 0.747. The molecule has 4 nitrogen and oxygen atoms in total. The Kier molecular flexibility index (Phi) is 6.75. The summed E-state index contributed by atoms with van der Waals surface area (Å²) in [7, 11) is 3.36. The van der Waals surface area contributed by atoms with Gasteiger partial charge in [-0.2, -0.15) is 0 Å². The first-order valence-corrected chi connectivity index (χ1v) is 7.12. The lowest BCUT2D eigenvalue weighted by Gasteiger charge is -2.28. The lowest BCUT2D eigenvalue weighted by atomic mass is 10.1. The molecule has 0 saturated carbocycles. The summed E-state index contributed by atoms with van der Waals surface area (Å²) >= 11 is 5.15. The van der Waals surface area contributed by atoms with Gasteiger partial charge < -0.3 is 20.1 Å². The van der Waals surface area contributed by atoms with Crippen LogP contribution in [0.3, 0.4) is 0 Å². The molecular weight excluding hydrogens is 272 g/mol. The van der Waals surface area contributed by atoms with Crippen LogP contribution in [0.15, 0.2) is 18.2 Å². The summed E-state index contributed by atoms with van der Waals surface area (Å²) in [5, 5.41) is 0. The van der Waals surface area contributed by atoms with Gasteiger partial charge in [0.2, 0.25) is 0 Å². The van der Waals surface area contributed by atoms with Crippen LogP contribution in [-0.2, 0) is 4.74 Å². The second-order valence-electron chi connectivity index (χ2n) is 5.08. The van der Waals surface area contributed by atoms with Gasteiger partial charge in [0.15, 0.2) is 0 Å². The highest BCUT2D eigenvalue weighted by molar-refractivity contribution is 7.80. The highest BCUT2D eigenvalue weighted by atomic mass is 32.1. The van der Waals surface area contributed by atoms with Gasteiger partial charge in [-0.05, 0) is 18.1 Å². The first-order chi connectivity index (χ1) is 9.49. The Balaban J connectivity index is 3.16. The second kappa shape index (κ2) is 8.07. The highest BCUT2D eigenvalue weighted by Gasteiger charge is 2.15. The third-order valence-corrected chi connectivity index (χ3v) is 3.18. The lowest BCUT2D eigenvalue weighted by Crippen LogP contribution is -2.32. The smallest absolute Gasteiger partial charge is 0.120 e. The number of nitrogens with zero attached hydrogens (tertiary/aromatic N) is 1. The van der Waals surface area contributed by atoms with Crippen molar-refractivity contribution in [3.05, 3.63) is 23.8 Å². The number of hydrogen-bond donors (Lipinski definition) is 1. The first-order valence-electron chi connectivity index (χ1n) is 6.71. The molecule has 112 valence electrons. The third-order valence-electron chi connectivity index (χ3n) is 2.96. The SMILES string of the molecule is COCCN(CC(C)C)c1cc(OC)ccc1C(N)=S. The average molecular weight is 296 g/mol. The first kappa shape index (κ1) is 16.7. The van der Waals surface area contributed by atoms with Crippen LogP contribution in [0.2, 0.25) is 0 Å². The number of thiocarbonyl (C=S) groups is 1. The minimum Gasteiger partial charge on any atom is -0.497 e. The van der Waals surface area contributed by atoms with Crippen LogP contribution in [0, 0.1) is 5.92 Å². The van der Waals surface area contributed by atoms with E-state index in [0.29, 0.717) is 17.5 Å². The summed E-state index contributed by atoms with van der Waals surface area (Å²) in [6.45, 7) is 6.71. The van der Waals surface area contributed by atoms with Crippen LogP contribution in [0.25, 0.3) is 0 Å². The van der Waals surface area contributed by atoms with Gasteiger partial charge in [0.05, 0.1) is 19.4 Å². The van der Waals surface area contributed by atoms with Crippen molar-refractivity contribution in [2.75, 3.05) is 38.8 Å². The fourth-order valence-corrected chi connectivity index (χ4v) is 2.23. The minimum atomic E-state index is 0.397. The molecule has 1 aromatic rings. The van der Waals surface area contributed by atoms with Gasteiger partial charge in [0.1, 0.15) is 10.7 Å². The Bertz CT molecular complexity index is 449. The van der Waals surface area contributed by atoms with E-state index in [9.17, 15) is 0 Å². The maximum atomic E-state index is 5.84. The molecule has 20 heavy (non-hydrogen) atoms. The summed E-state index contributed by atoms with van der Waals surface area (Å²) < 4.78 is 10.5. The van der Waals surface area contributed by atoms with Crippen molar-refractivity contribution in [3.63, 3.8) is 0 Å². The minimum absolute atomic E-state index is 0.397. The molecule has 0 spiro atoms. The zero-order chi connectivity index (χ0) is 15.1. The molecule has 1 rings (SSSR count). The average Bonchev–Trinajstić information content (AvgIpc) is 2.42. The number of anilines is 1. The van der Waals surface area contributed by atoms with Crippen molar-refractivity contribution >= 4 is 22.9 Å². The van der Waals surface area contributed by atoms with Gasteiger partial charge in [-0.3, -0.25) is 0 Å². The van der Waals surface area contributed by atoms with E-state index in [0.717, 1.165) is 30.1 Å². The van der Waals surface area contributed by atoms with E-state index < -0.39 is 0 Å². The topological polar surface area (TPSA) is 47.7 Å². The van der Waals surface area contributed by atoms with Gasteiger partial charge in [0.25, 0.3) is 0 Å². The van der Waals surface area contributed by atoms with E-state index in [1.54, 1.807) is 14.2 Å². The number of ether oxygens (including phenoxy) is 2. The zero-order valence-corrected chi connectivity index (χ0v) is 13.5. The fourth-order valence-electron chi connectivity index (χ4n) is 2.06. The molecule has 0 aliphatic carbocycles. The van der Waals surface area contributed by atoms with E-state index in [4.69, 9.17) is 27.4 Å². The number of methoxy groups -OCH3 is 2. The molecule has 0 saturated heterocycles. The van der Waals surface area contributed by atoms with E-state index in [2.05, 4.69) is 18.7 Å². The van der Waals surface area contributed by atoms with Crippen molar-refractivity contribution < 1.29 is 9.47 Å². The summed E-state index contributed by atoms with van der Waals surface area (Å²) in [6.07, 6.45) is 0. The maximum absolute atomic E-state index is 5.84. The second-order valence-corrected chi connectivity index (χ2v) is 5.52. The number of nitrogens with two attached hydrogens (primary N) is 1. The molecule has 0 aliphatic rings. The standard InChI is InChI=1S/C15H24N2O2S/c1-11(2)10-17(7-8-18-3)14-9-12(19-4)5-6-13(14)15(16)20/h5-6,9,11H,7-8,10H2,1-4H3,(H2,16,20). The molecule has 0 aliphatic heterocycles. The Hall–Kier alpha value is -1.33. The van der Waals surface area contributed by atoms with Gasteiger partial charge in [-0.15, -0.1) is 0 Å². The Morgan fingerprint density at radius 3 is 2.55 bits per heavy atom. The van der Waals surface area contributed by atoms with Gasteiger partial charge in [0, 0.05) is 31.8 Å². The Labute approximate surface area is 126 Å². The third kappa shape index (κ3) is 4.65. The molecule has 0 unspecified atom stereocenters. The van der Waals surface area contributed by atoms with E-state index >= 15 is 0 Å². The molecule has 0 aromatic heterocycles. The number of benzene rings is 1. The van der Waals surface area contributed by atoms with Crippen LogP contribution < -0.4 is 15.4 Å². The fraction of sp³-hybridized carbons (Fsp3) is 0.533. The molecule has 0 heterocycles. The lowest BCUT2D eigenvalue weighted by molar-refractivity contribution is 0.204. The van der Waals surface area contributed by atoms with Crippen LogP contribution in [0.1, 0.15) is 19.4 Å². The summed E-state index contributed by atoms with van der Waals surface area (Å²) in [5.41, 5.74) is 7.71. The summed E-state index contributed by atoms with van der Waals surface area (Å²) in [4.78, 5) is 2.64. The predicted octanol–water partition coefficient (Wildman–Crippen LogP) is 2.44. The van der Waals surface area contributed by atoms with Crippen LogP contribution in [0.5, 0.6) is 5.75 Å². The number of rotatable bonds is 8. The van der Waals surface area contributed by atoms with E-state index in [1.165, 1.54) is 0 Å². The van der Waals surface area contributed by atoms with Gasteiger partial charge in [-0.25, -0.2) is 0 Å². The number of hydrogen-bond acceptors (Lipinski definition) is 4. The maximum Gasteiger partial charge on any atom is 0.120 e. The normalized spacial score (nSPS) is 10.7. The summed E-state index contributed by atoms with van der Waals surface area (Å²) in [5.74, 6) is 1.32.